The zero-order valence-electron chi connectivity index (χ0n) is 10.5. The highest BCUT2D eigenvalue weighted by Gasteiger charge is 2.22. The van der Waals surface area contributed by atoms with Gasteiger partial charge >= 0.3 is 6.03 Å². The Bertz CT molecular complexity index is 240. The minimum atomic E-state index is -1.04. The van der Waals surface area contributed by atoms with Crippen LogP contribution in [-0.2, 0) is 9.47 Å². The molecule has 0 unspecified atom stereocenters. The van der Waals surface area contributed by atoms with Crippen molar-refractivity contribution in [2.75, 3.05) is 33.5 Å². The van der Waals surface area contributed by atoms with Gasteiger partial charge in [0.15, 0.2) is 0 Å². The lowest BCUT2D eigenvalue weighted by molar-refractivity contribution is -0.0137. The van der Waals surface area contributed by atoms with Crippen molar-refractivity contribution in [3.05, 3.63) is 0 Å². The Morgan fingerprint density at radius 3 is 2.76 bits per heavy atom. The molecule has 6 heteroatoms. The summed E-state index contributed by atoms with van der Waals surface area (Å²) in [6.45, 7) is 3.34. The predicted octanol–water partition coefficient (Wildman–Crippen LogP) is -0.138. The molecule has 0 aromatic rings. The van der Waals surface area contributed by atoms with E-state index < -0.39 is 5.60 Å². The molecule has 1 saturated heterocycles. The van der Waals surface area contributed by atoms with E-state index in [1.807, 2.05) is 0 Å². The molecule has 100 valence electrons. The normalized spacial score (nSPS) is 20.6. The van der Waals surface area contributed by atoms with Gasteiger partial charge in [0.25, 0.3) is 0 Å². The van der Waals surface area contributed by atoms with Gasteiger partial charge in [0.2, 0.25) is 0 Å². The van der Waals surface area contributed by atoms with Crippen molar-refractivity contribution in [2.45, 2.75) is 31.4 Å². The molecule has 3 N–H and O–H groups in total. The van der Waals surface area contributed by atoms with Gasteiger partial charge in [0, 0.05) is 26.4 Å². The molecule has 1 heterocycles. The third-order valence-electron chi connectivity index (χ3n) is 2.64. The zero-order chi connectivity index (χ0) is 12.7. The first-order valence-electron chi connectivity index (χ1n) is 5.87. The van der Waals surface area contributed by atoms with Gasteiger partial charge in [-0.05, 0) is 19.8 Å². The summed E-state index contributed by atoms with van der Waals surface area (Å²) < 4.78 is 10.0. The lowest BCUT2D eigenvalue weighted by Crippen LogP contribution is -2.50. The summed E-state index contributed by atoms with van der Waals surface area (Å²) in [4.78, 5) is 11.5. The Morgan fingerprint density at radius 2 is 2.18 bits per heavy atom. The summed E-state index contributed by atoms with van der Waals surface area (Å²) in [5, 5.41) is 15.3. The average molecular weight is 246 g/mol. The SMILES string of the molecule is COC[C@@](C)(O)CNC(=O)NC1CCOCC1. The summed E-state index contributed by atoms with van der Waals surface area (Å²) in [5.41, 5.74) is -1.04. The van der Waals surface area contributed by atoms with Crippen LogP contribution in [0.2, 0.25) is 0 Å². The van der Waals surface area contributed by atoms with Crippen LogP contribution < -0.4 is 10.6 Å². The van der Waals surface area contributed by atoms with Crippen molar-refractivity contribution in [3.63, 3.8) is 0 Å². The average Bonchev–Trinajstić information content (AvgIpc) is 2.28. The van der Waals surface area contributed by atoms with Gasteiger partial charge in [0.05, 0.1) is 13.2 Å². The van der Waals surface area contributed by atoms with Crippen LogP contribution in [0.1, 0.15) is 19.8 Å². The summed E-state index contributed by atoms with van der Waals surface area (Å²) in [6, 6.07) is -0.0931. The molecule has 1 aliphatic heterocycles. The molecule has 1 fully saturated rings. The zero-order valence-corrected chi connectivity index (χ0v) is 10.5. The first-order valence-corrected chi connectivity index (χ1v) is 5.87. The number of ether oxygens (including phenoxy) is 2. The summed E-state index contributed by atoms with van der Waals surface area (Å²) in [5.74, 6) is 0. The van der Waals surface area contributed by atoms with E-state index in [0.29, 0.717) is 13.2 Å². The fourth-order valence-electron chi connectivity index (χ4n) is 1.71. The fourth-order valence-corrected chi connectivity index (χ4v) is 1.71. The highest BCUT2D eigenvalue weighted by atomic mass is 16.5. The number of hydrogen-bond donors (Lipinski definition) is 3. The number of rotatable bonds is 5. The van der Waals surface area contributed by atoms with E-state index in [4.69, 9.17) is 9.47 Å². The van der Waals surface area contributed by atoms with E-state index in [1.54, 1.807) is 6.92 Å². The molecule has 1 rings (SSSR count). The number of aliphatic hydroxyl groups is 1. The van der Waals surface area contributed by atoms with E-state index in [-0.39, 0.29) is 25.2 Å². The van der Waals surface area contributed by atoms with Gasteiger partial charge in [0.1, 0.15) is 5.60 Å². The Hall–Kier alpha value is -0.850. The first-order chi connectivity index (χ1) is 8.03. The number of carbonyl (C=O) groups excluding carboxylic acids is 1. The van der Waals surface area contributed by atoms with E-state index >= 15 is 0 Å². The lowest BCUT2D eigenvalue weighted by atomic mass is 10.1. The van der Waals surface area contributed by atoms with Gasteiger partial charge < -0.3 is 25.2 Å². The molecule has 0 aromatic heterocycles. The highest BCUT2D eigenvalue weighted by molar-refractivity contribution is 5.74. The quantitative estimate of drug-likeness (QED) is 0.631. The van der Waals surface area contributed by atoms with Crippen LogP contribution in [0.25, 0.3) is 0 Å². The maximum Gasteiger partial charge on any atom is 0.315 e. The minimum Gasteiger partial charge on any atom is -0.386 e. The standard InChI is InChI=1S/C11H22N2O4/c1-11(15,8-16-2)7-12-10(14)13-9-3-5-17-6-4-9/h9,15H,3-8H2,1-2H3,(H2,12,13,14)/t11-/m0/s1. The van der Waals surface area contributed by atoms with Gasteiger partial charge in [-0.3, -0.25) is 0 Å². The molecule has 0 radical (unpaired) electrons. The van der Waals surface area contributed by atoms with Crippen LogP contribution in [0.4, 0.5) is 4.79 Å². The van der Waals surface area contributed by atoms with Gasteiger partial charge in [-0.25, -0.2) is 4.79 Å². The Kier molecular flexibility index (Phi) is 5.67. The second kappa shape index (κ2) is 6.78. The third kappa shape index (κ3) is 5.86. The maximum absolute atomic E-state index is 11.5. The van der Waals surface area contributed by atoms with E-state index in [9.17, 15) is 9.90 Å². The Morgan fingerprint density at radius 1 is 1.53 bits per heavy atom. The highest BCUT2D eigenvalue weighted by Crippen LogP contribution is 2.06. The summed E-state index contributed by atoms with van der Waals surface area (Å²) >= 11 is 0. The van der Waals surface area contributed by atoms with Gasteiger partial charge in [-0.15, -0.1) is 0 Å². The molecule has 0 saturated carbocycles. The predicted molar refractivity (Wildman–Crippen MR) is 62.9 cm³/mol. The number of urea groups is 1. The van der Waals surface area contributed by atoms with Gasteiger partial charge in [-0.2, -0.15) is 0 Å². The molecule has 1 aliphatic rings. The van der Waals surface area contributed by atoms with Crippen molar-refractivity contribution in [3.8, 4) is 0 Å². The van der Waals surface area contributed by atoms with Crippen LogP contribution in [0.15, 0.2) is 0 Å². The Balaban J connectivity index is 2.20. The molecular formula is C11H22N2O4. The topological polar surface area (TPSA) is 79.8 Å². The summed E-state index contributed by atoms with van der Waals surface area (Å²) in [6.07, 6.45) is 1.67. The number of amides is 2. The van der Waals surface area contributed by atoms with Gasteiger partial charge in [-0.1, -0.05) is 0 Å². The lowest BCUT2D eigenvalue weighted by Gasteiger charge is -2.25. The van der Waals surface area contributed by atoms with Crippen LogP contribution >= 0.6 is 0 Å². The molecule has 1 atom stereocenters. The van der Waals surface area contributed by atoms with Crippen LogP contribution in [0.5, 0.6) is 0 Å². The van der Waals surface area contributed by atoms with Crippen molar-refractivity contribution in [1.82, 2.24) is 10.6 Å². The fraction of sp³-hybridized carbons (Fsp3) is 0.909. The van der Waals surface area contributed by atoms with Crippen LogP contribution in [0.3, 0.4) is 0 Å². The maximum atomic E-state index is 11.5. The van der Waals surface area contributed by atoms with E-state index in [0.717, 1.165) is 12.8 Å². The number of methoxy groups -OCH3 is 1. The van der Waals surface area contributed by atoms with Crippen molar-refractivity contribution >= 4 is 6.03 Å². The monoisotopic (exact) mass is 246 g/mol. The largest absolute Gasteiger partial charge is 0.386 e. The summed E-state index contributed by atoms with van der Waals surface area (Å²) in [7, 11) is 1.51. The molecular weight excluding hydrogens is 224 g/mol. The van der Waals surface area contributed by atoms with Crippen LogP contribution in [-0.4, -0.2) is 56.3 Å². The van der Waals surface area contributed by atoms with Crippen molar-refractivity contribution < 1.29 is 19.4 Å². The second-order valence-electron chi connectivity index (χ2n) is 4.64. The Labute approximate surface area is 102 Å². The molecule has 2 amide bonds. The van der Waals surface area contributed by atoms with Crippen molar-refractivity contribution in [2.24, 2.45) is 0 Å². The first kappa shape index (κ1) is 14.2. The number of hydrogen-bond acceptors (Lipinski definition) is 4. The van der Waals surface area contributed by atoms with E-state index in [2.05, 4.69) is 10.6 Å². The molecule has 0 aromatic carbocycles. The van der Waals surface area contributed by atoms with E-state index in [1.165, 1.54) is 7.11 Å². The third-order valence-corrected chi connectivity index (χ3v) is 2.64. The molecule has 6 nitrogen and oxygen atoms in total. The number of carbonyl (C=O) groups is 1. The smallest absolute Gasteiger partial charge is 0.315 e. The van der Waals surface area contributed by atoms with Crippen molar-refractivity contribution in [1.29, 1.82) is 0 Å². The number of nitrogens with one attached hydrogen (secondary N) is 2. The minimum absolute atomic E-state index is 0.163. The molecule has 17 heavy (non-hydrogen) atoms. The molecule has 0 bridgehead atoms. The second-order valence-corrected chi connectivity index (χ2v) is 4.64. The molecule has 0 aliphatic carbocycles. The van der Waals surface area contributed by atoms with Crippen LogP contribution in [0, 0.1) is 0 Å². The molecule has 0 spiro atoms.